The predicted octanol–water partition coefficient (Wildman–Crippen LogP) is 3.84. The van der Waals surface area contributed by atoms with Crippen LogP contribution < -0.4 is 15.1 Å². The number of unbranched alkanes of at least 4 members (excludes halogenated alkanes) is 2. The summed E-state index contributed by atoms with van der Waals surface area (Å²) < 4.78 is 6.14. The number of anilines is 1. The summed E-state index contributed by atoms with van der Waals surface area (Å²) >= 11 is 3.36. The summed E-state index contributed by atoms with van der Waals surface area (Å²) in [5.74, 6) is 0.158. The Balaban J connectivity index is 2.09. The van der Waals surface area contributed by atoms with Gasteiger partial charge in [-0.1, -0.05) is 24.6 Å². The molecule has 2 amide bonds. The molecule has 7 nitrogen and oxygen atoms in total. The first-order valence-corrected chi connectivity index (χ1v) is 9.82. The van der Waals surface area contributed by atoms with Gasteiger partial charge in [0.2, 0.25) is 11.8 Å². The van der Waals surface area contributed by atoms with Gasteiger partial charge in [0.25, 0.3) is 0 Å². The van der Waals surface area contributed by atoms with Gasteiger partial charge in [-0.25, -0.2) is 10.5 Å². The maximum absolute atomic E-state index is 13.0. The van der Waals surface area contributed by atoms with Crippen molar-refractivity contribution in [2.45, 2.75) is 38.6 Å². The molecule has 0 unspecified atom stereocenters. The predicted molar refractivity (Wildman–Crippen MR) is 109 cm³/mol. The molecular weight excluding hydrogens is 426 g/mol. The van der Waals surface area contributed by atoms with Crippen LogP contribution in [0.4, 0.5) is 5.69 Å². The maximum Gasteiger partial charge on any atom is 0.243 e. The number of halogens is 1. The largest absolute Gasteiger partial charge is 0.495 e. The Morgan fingerprint density at radius 3 is 2.57 bits per heavy atom. The van der Waals surface area contributed by atoms with Gasteiger partial charge in [0.15, 0.2) is 0 Å². The zero-order chi connectivity index (χ0) is 20.4. The van der Waals surface area contributed by atoms with E-state index in [9.17, 15) is 9.59 Å². The lowest BCUT2D eigenvalue weighted by Gasteiger charge is -2.24. The van der Waals surface area contributed by atoms with Crippen LogP contribution in [0.2, 0.25) is 0 Å². The molecule has 0 spiro atoms. The van der Waals surface area contributed by atoms with E-state index in [-0.39, 0.29) is 12.3 Å². The molecule has 0 aliphatic carbocycles. The molecule has 0 aliphatic heterocycles. The molecule has 1 aromatic heterocycles. The fourth-order valence-corrected chi connectivity index (χ4v) is 3.17. The van der Waals surface area contributed by atoms with Gasteiger partial charge in [0.05, 0.1) is 25.0 Å². The number of ether oxygens (including phenoxy) is 1. The number of hydrogen-bond acceptors (Lipinski definition) is 5. The van der Waals surface area contributed by atoms with Gasteiger partial charge in [0.1, 0.15) is 10.4 Å². The van der Waals surface area contributed by atoms with Gasteiger partial charge < -0.3 is 9.64 Å². The van der Waals surface area contributed by atoms with E-state index in [1.807, 2.05) is 42.5 Å². The molecule has 0 radical (unpaired) electrons. The molecule has 2 rings (SSSR count). The SMILES string of the molecule is COc1ccccc1N(Cc1cccc(Br)n1)C(=O)CCCCCC(=O)NO. The van der Waals surface area contributed by atoms with E-state index in [0.29, 0.717) is 48.3 Å². The summed E-state index contributed by atoms with van der Waals surface area (Å²) in [5, 5.41) is 8.51. The van der Waals surface area contributed by atoms with Gasteiger partial charge in [-0.15, -0.1) is 0 Å². The third-order valence-corrected chi connectivity index (χ3v) is 4.63. The van der Waals surface area contributed by atoms with E-state index in [1.54, 1.807) is 17.5 Å². The van der Waals surface area contributed by atoms with Crippen LogP contribution in [-0.2, 0) is 16.1 Å². The number of amides is 2. The van der Waals surface area contributed by atoms with Gasteiger partial charge in [-0.05, 0) is 53.0 Å². The topological polar surface area (TPSA) is 91.8 Å². The van der Waals surface area contributed by atoms with Crippen molar-refractivity contribution in [1.82, 2.24) is 10.5 Å². The monoisotopic (exact) mass is 449 g/mol. The Morgan fingerprint density at radius 1 is 1.11 bits per heavy atom. The van der Waals surface area contributed by atoms with Crippen molar-refractivity contribution in [3.05, 3.63) is 52.8 Å². The van der Waals surface area contributed by atoms with E-state index in [2.05, 4.69) is 20.9 Å². The van der Waals surface area contributed by atoms with Crippen LogP contribution in [0.25, 0.3) is 0 Å². The number of methoxy groups -OCH3 is 1. The standard InChI is InChI=1S/C20H24BrN3O4/c1-28-17-10-6-5-9-16(17)24(14-15-8-7-11-18(21)22-15)20(26)13-4-2-3-12-19(25)23-27/h5-11,27H,2-4,12-14H2,1H3,(H,23,25). The number of benzene rings is 1. The van der Waals surface area contributed by atoms with Crippen LogP contribution in [0.1, 0.15) is 37.8 Å². The molecule has 0 aliphatic rings. The van der Waals surface area contributed by atoms with Crippen molar-refractivity contribution >= 4 is 33.4 Å². The van der Waals surface area contributed by atoms with E-state index >= 15 is 0 Å². The molecule has 150 valence electrons. The van der Waals surface area contributed by atoms with Crippen LogP contribution in [0, 0.1) is 0 Å². The smallest absolute Gasteiger partial charge is 0.243 e. The first-order valence-electron chi connectivity index (χ1n) is 9.03. The van der Waals surface area contributed by atoms with Crippen LogP contribution in [0.15, 0.2) is 47.1 Å². The fourth-order valence-electron chi connectivity index (χ4n) is 2.79. The average Bonchev–Trinajstić information content (AvgIpc) is 2.71. The third kappa shape index (κ3) is 6.61. The van der Waals surface area contributed by atoms with Crippen LogP contribution in [0.3, 0.4) is 0 Å². The second-order valence-corrected chi connectivity index (χ2v) is 7.01. The molecule has 1 aromatic carbocycles. The summed E-state index contributed by atoms with van der Waals surface area (Å²) in [4.78, 5) is 30.1. The fraction of sp³-hybridized carbons (Fsp3) is 0.350. The summed E-state index contributed by atoms with van der Waals surface area (Å²) in [6.45, 7) is 0.325. The van der Waals surface area contributed by atoms with Crippen molar-refractivity contribution in [2.75, 3.05) is 12.0 Å². The average molecular weight is 450 g/mol. The Kier molecular flexibility index (Phi) is 8.90. The molecule has 2 aromatic rings. The molecule has 0 saturated heterocycles. The highest BCUT2D eigenvalue weighted by atomic mass is 79.9. The van der Waals surface area contributed by atoms with Crippen LogP contribution in [0.5, 0.6) is 5.75 Å². The number of nitrogens with zero attached hydrogens (tertiary/aromatic N) is 2. The molecule has 0 bridgehead atoms. The Labute approximate surface area is 172 Å². The van der Waals surface area contributed by atoms with Gasteiger partial charge in [-0.2, -0.15) is 0 Å². The quantitative estimate of drug-likeness (QED) is 0.248. The number of carbonyl (C=O) groups is 2. The molecule has 0 saturated carbocycles. The number of carbonyl (C=O) groups excluding carboxylic acids is 2. The number of hydroxylamine groups is 1. The lowest BCUT2D eigenvalue weighted by atomic mass is 10.1. The maximum atomic E-state index is 13.0. The molecule has 0 atom stereocenters. The van der Waals surface area contributed by atoms with Gasteiger partial charge in [-0.3, -0.25) is 14.8 Å². The zero-order valence-corrected chi connectivity index (χ0v) is 17.3. The number of aromatic nitrogens is 1. The number of nitrogens with one attached hydrogen (secondary N) is 1. The van der Waals surface area contributed by atoms with Crippen molar-refractivity contribution < 1.29 is 19.5 Å². The second kappa shape index (κ2) is 11.4. The summed E-state index contributed by atoms with van der Waals surface area (Å²) in [5.41, 5.74) is 3.06. The first kappa shape index (κ1) is 21.8. The molecule has 1 heterocycles. The lowest BCUT2D eigenvalue weighted by Crippen LogP contribution is -2.31. The molecule has 28 heavy (non-hydrogen) atoms. The molecule has 0 fully saturated rings. The third-order valence-electron chi connectivity index (χ3n) is 4.19. The van der Waals surface area contributed by atoms with Crippen molar-refractivity contribution in [3.8, 4) is 5.75 Å². The molecule has 2 N–H and O–H groups in total. The lowest BCUT2D eigenvalue weighted by molar-refractivity contribution is -0.129. The van der Waals surface area contributed by atoms with Crippen molar-refractivity contribution in [2.24, 2.45) is 0 Å². The van der Waals surface area contributed by atoms with E-state index in [4.69, 9.17) is 9.94 Å². The van der Waals surface area contributed by atoms with Crippen molar-refractivity contribution in [1.29, 1.82) is 0 Å². The first-order chi connectivity index (χ1) is 13.5. The Bertz CT molecular complexity index is 801. The zero-order valence-electron chi connectivity index (χ0n) is 15.7. The summed E-state index contributed by atoms with van der Waals surface area (Å²) in [7, 11) is 1.57. The Morgan fingerprint density at radius 2 is 1.86 bits per heavy atom. The minimum absolute atomic E-state index is 0.0436. The van der Waals surface area contributed by atoms with E-state index < -0.39 is 5.91 Å². The van der Waals surface area contributed by atoms with Crippen LogP contribution >= 0.6 is 15.9 Å². The number of pyridine rings is 1. The van der Waals surface area contributed by atoms with Gasteiger partial charge in [0, 0.05) is 12.8 Å². The molecular formula is C20H24BrN3O4. The Hall–Kier alpha value is -2.45. The minimum Gasteiger partial charge on any atom is -0.495 e. The van der Waals surface area contributed by atoms with Crippen LogP contribution in [-0.4, -0.2) is 29.1 Å². The highest BCUT2D eigenvalue weighted by molar-refractivity contribution is 9.10. The minimum atomic E-state index is -0.414. The highest BCUT2D eigenvalue weighted by Crippen LogP contribution is 2.30. The van der Waals surface area contributed by atoms with E-state index in [0.717, 1.165) is 5.69 Å². The van der Waals surface area contributed by atoms with Gasteiger partial charge >= 0.3 is 0 Å². The second-order valence-electron chi connectivity index (χ2n) is 6.20. The van der Waals surface area contributed by atoms with E-state index in [1.165, 1.54) is 0 Å². The molecule has 8 heteroatoms. The number of para-hydroxylation sites is 2. The van der Waals surface area contributed by atoms with Crippen molar-refractivity contribution in [3.63, 3.8) is 0 Å². The number of hydrogen-bond donors (Lipinski definition) is 2. The normalized spacial score (nSPS) is 10.4. The number of rotatable bonds is 10. The summed E-state index contributed by atoms with van der Waals surface area (Å²) in [6.07, 6.45) is 2.56. The highest BCUT2D eigenvalue weighted by Gasteiger charge is 2.20. The summed E-state index contributed by atoms with van der Waals surface area (Å²) in [6, 6.07) is 13.0.